The number of likely N-dealkylation sites (tertiary alicyclic amines) is 1. The summed E-state index contributed by atoms with van der Waals surface area (Å²) in [7, 11) is -3.24. The van der Waals surface area contributed by atoms with Crippen molar-refractivity contribution >= 4 is 10.0 Å². The van der Waals surface area contributed by atoms with Crippen molar-refractivity contribution in [1.29, 1.82) is 0 Å². The fourth-order valence-corrected chi connectivity index (χ4v) is 4.03. The lowest BCUT2D eigenvalue weighted by Crippen LogP contribution is -2.37. The third-order valence-corrected chi connectivity index (χ3v) is 5.53. The highest BCUT2D eigenvalue weighted by Crippen LogP contribution is 2.25. The molecule has 1 fully saturated rings. The maximum atomic E-state index is 13.1. The minimum absolute atomic E-state index is 0.0282. The maximum absolute atomic E-state index is 13.1. The highest BCUT2D eigenvalue weighted by atomic mass is 32.2. The van der Waals surface area contributed by atoms with Gasteiger partial charge < -0.3 is 0 Å². The first-order valence-corrected chi connectivity index (χ1v) is 9.64. The Kier molecular flexibility index (Phi) is 6.35. The van der Waals surface area contributed by atoms with Crippen LogP contribution in [0.3, 0.4) is 0 Å². The predicted molar refractivity (Wildman–Crippen MR) is 86.6 cm³/mol. The Morgan fingerprint density at radius 1 is 1.23 bits per heavy atom. The molecule has 1 N–H and O–H groups in total. The Morgan fingerprint density at radius 2 is 1.86 bits per heavy atom. The lowest BCUT2D eigenvalue weighted by molar-refractivity contribution is 0.246. The molecule has 1 saturated heterocycles. The summed E-state index contributed by atoms with van der Waals surface area (Å²) in [5, 5.41) is 0. The molecule has 1 unspecified atom stereocenters. The normalized spacial score (nSPS) is 17.7. The monoisotopic (exact) mass is 328 g/mol. The molecule has 1 aromatic rings. The SMILES string of the molecule is CCCCS(=O)(=O)NCC(c1ccc(F)cc1)N1CCCC1. The van der Waals surface area contributed by atoms with Crippen LogP contribution in [0.4, 0.5) is 4.39 Å². The fourth-order valence-electron chi connectivity index (χ4n) is 2.81. The number of benzene rings is 1. The van der Waals surface area contributed by atoms with E-state index in [1.165, 1.54) is 12.1 Å². The molecule has 0 saturated carbocycles. The van der Waals surface area contributed by atoms with Gasteiger partial charge in [0.25, 0.3) is 0 Å². The molecule has 2 rings (SSSR count). The molecule has 1 aliphatic rings. The third-order valence-electron chi connectivity index (χ3n) is 4.10. The van der Waals surface area contributed by atoms with E-state index in [-0.39, 0.29) is 17.6 Å². The van der Waals surface area contributed by atoms with Crippen molar-refractivity contribution in [2.24, 2.45) is 0 Å². The second kappa shape index (κ2) is 8.04. The fraction of sp³-hybridized carbons (Fsp3) is 0.625. The molecule has 1 heterocycles. The zero-order valence-electron chi connectivity index (χ0n) is 13.1. The maximum Gasteiger partial charge on any atom is 0.211 e. The second-order valence-corrected chi connectivity index (χ2v) is 7.76. The summed E-state index contributed by atoms with van der Waals surface area (Å²) in [5.74, 6) is -0.105. The summed E-state index contributed by atoms with van der Waals surface area (Å²) in [5.41, 5.74) is 0.960. The summed E-state index contributed by atoms with van der Waals surface area (Å²) in [6, 6.07) is 6.34. The summed E-state index contributed by atoms with van der Waals surface area (Å²) < 4.78 is 39.8. The van der Waals surface area contributed by atoms with Crippen LogP contribution in [0, 0.1) is 5.82 Å². The molecule has 1 atom stereocenters. The molecule has 0 amide bonds. The van der Waals surface area contributed by atoms with E-state index in [1.807, 2.05) is 6.92 Å². The molecule has 1 aliphatic heterocycles. The van der Waals surface area contributed by atoms with E-state index in [4.69, 9.17) is 0 Å². The molecule has 0 radical (unpaired) electrons. The molecule has 124 valence electrons. The van der Waals surface area contributed by atoms with Crippen LogP contribution in [-0.2, 0) is 10.0 Å². The lowest BCUT2D eigenvalue weighted by Gasteiger charge is -2.28. The van der Waals surface area contributed by atoms with Crippen molar-refractivity contribution in [3.63, 3.8) is 0 Å². The van der Waals surface area contributed by atoms with Crippen LogP contribution in [0.15, 0.2) is 24.3 Å². The van der Waals surface area contributed by atoms with Crippen LogP contribution >= 0.6 is 0 Å². The zero-order chi connectivity index (χ0) is 16.0. The average Bonchev–Trinajstić information content (AvgIpc) is 3.01. The molecular weight excluding hydrogens is 303 g/mol. The van der Waals surface area contributed by atoms with E-state index in [0.29, 0.717) is 13.0 Å². The molecular formula is C16H25FN2O2S. The van der Waals surface area contributed by atoms with Gasteiger partial charge in [-0.25, -0.2) is 17.5 Å². The van der Waals surface area contributed by atoms with Gasteiger partial charge in [0.2, 0.25) is 10.0 Å². The molecule has 0 aromatic heterocycles. The minimum Gasteiger partial charge on any atom is -0.295 e. The van der Waals surface area contributed by atoms with Crippen LogP contribution in [0.5, 0.6) is 0 Å². The van der Waals surface area contributed by atoms with Crippen LogP contribution in [0.1, 0.15) is 44.2 Å². The molecule has 6 heteroatoms. The van der Waals surface area contributed by atoms with Crippen LogP contribution in [0.2, 0.25) is 0 Å². The number of halogens is 1. The second-order valence-electron chi connectivity index (χ2n) is 5.83. The van der Waals surface area contributed by atoms with Gasteiger partial charge >= 0.3 is 0 Å². The largest absolute Gasteiger partial charge is 0.295 e. The Hall–Kier alpha value is -0.980. The summed E-state index contributed by atoms with van der Waals surface area (Å²) in [6.07, 6.45) is 3.77. The standard InChI is InChI=1S/C16H25FN2O2S/c1-2-3-12-22(20,21)18-13-16(19-10-4-5-11-19)14-6-8-15(17)9-7-14/h6-9,16,18H,2-5,10-13H2,1H3. The van der Waals surface area contributed by atoms with E-state index in [9.17, 15) is 12.8 Å². The van der Waals surface area contributed by atoms with Gasteiger partial charge in [0.1, 0.15) is 5.82 Å². The van der Waals surface area contributed by atoms with Gasteiger partial charge in [-0.05, 0) is 50.0 Å². The first kappa shape index (κ1) is 17.4. The number of hydrogen-bond acceptors (Lipinski definition) is 3. The predicted octanol–water partition coefficient (Wildman–Crippen LogP) is 2.68. The van der Waals surface area contributed by atoms with Gasteiger partial charge in [0.05, 0.1) is 5.75 Å². The average molecular weight is 328 g/mol. The van der Waals surface area contributed by atoms with Crippen molar-refractivity contribution < 1.29 is 12.8 Å². The summed E-state index contributed by atoms with van der Waals surface area (Å²) in [6.45, 7) is 4.23. The van der Waals surface area contributed by atoms with Crippen molar-refractivity contribution in [2.75, 3.05) is 25.4 Å². The Balaban J connectivity index is 2.06. The summed E-state index contributed by atoms with van der Waals surface area (Å²) >= 11 is 0. The number of nitrogens with zero attached hydrogens (tertiary/aromatic N) is 1. The molecule has 0 aliphatic carbocycles. The lowest BCUT2D eigenvalue weighted by atomic mass is 10.1. The number of rotatable bonds is 8. The van der Waals surface area contributed by atoms with E-state index < -0.39 is 10.0 Å². The smallest absolute Gasteiger partial charge is 0.211 e. The van der Waals surface area contributed by atoms with Gasteiger partial charge in [-0.15, -0.1) is 0 Å². The van der Waals surface area contributed by atoms with Gasteiger partial charge in [0.15, 0.2) is 0 Å². The van der Waals surface area contributed by atoms with Gasteiger partial charge in [-0.2, -0.15) is 0 Å². The van der Waals surface area contributed by atoms with Crippen molar-refractivity contribution in [2.45, 2.75) is 38.6 Å². The Labute approximate surface area is 132 Å². The zero-order valence-corrected chi connectivity index (χ0v) is 13.9. The van der Waals surface area contributed by atoms with E-state index >= 15 is 0 Å². The van der Waals surface area contributed by atoms with E-state index in [2.05, 4.69) is 9.62 Å². The highest BCUT2D eigenvalue weighted by Gasteiger charge is 2.25. The summed E-state index contributed by atoms with van der Waals surface area (Å²) in [4.78, 5) is 2.27. The van der Waals surface area contributed by atoms with Crippen molar-refractivity contribution in [1.82, 2.24) is 9.62 Å². The molecule has 4 nitrogen and oxygen atoms in total. The van der Waals surface area contributed by atoms with Gasteiger partial charge in [-0.3, -0.25) is 4.90 Å². The number of hydrogen-bond donors (Lipinski definition) is 1. The van der Waals surface area contributed by atoms with Gasteiger partial charge in [-0.1, -0.05) is 25.5 Å². The van der Waals surface area contributed by atoms with Crippen LogP contribution in [-0.4, -0.2) is 38.7 Å². The quantitative estimate of drug-likeness (QED) is 0.798. The first-order valence-electron chi connectivity index (χ1n) is 7.98. The van der Waals surface area contributed by atoms with E-state index in [1.54, 1.807) is 12.1 Å². The number of unbranched alkanes of at least 4 members (excludes halogenated alkanes) is 1. The Bertz CT molecular complexity index is 554. The molecule has 0 spiro atoms. The molecule has 1 aromatic carbocycles. The Morgan fingerprint density at radius 3 is 2.45 bits per heavy atom. The number of nitrogens with one attached hydrogen (secondary N) is 1. The van der Waals surface area contributed by atoms with Crippen molar-refractivity contribution in [3.8, 4) is 0 Å². The molecule has 22 heavy (non-hydrogen) atoms. The van der Waals surface area contributed by atoms with Crippen LogP contribution in [0.25, 0.3) is 0 Å². The van der Waals surface area contributed by atoms with E-state index in [0.717, 1.165) is 37.9 Å². The topological polar surface area (TPSA) is 49.4 Å². The van der Waals surface area contributed by atoms with Gasteiger partial charge in [0, 0.05) is 12.6 Å². The third kappa shape index (κ3) is 5.04. The molecule has 0 bridgehead atoms. The van der Waals surface area contributed by atoms with Crippen LogP contribution < -0.4 is 4.72 Å². The van der Waals surface area contributed by atoms with Crippen molar-refractivity contribution in [3.05, 3.63) is 35.6 Å². The number of sulfonamides is 1. The minimum atomic E-state index is -3.24. The highest BCUT2D eigenvalue weighted by molar-refractivity contribution is 7.89. The first-order chi connectivity index (χ1) is 10.5.